The number of thioether (sulfide) groups is 1. The van der Waals surface area contributed by atoms with E-state index >= 15 is 0 Å². The number of halogens is 1. The van der Waals surface area contributed by atoms with Crippen LogP contribution in [0.25, 0.3) is 0 Å². The Morgan fingerprint density at radius 3 is 2.64 bits per heavy atom. The van der Waals surface area contributed by atoms with Gasteiger partial charge in [-0.15, -0.1) is 23.4 Å². The maximum absolute atomic E-state index is 12.1. The SMILES string of the molecule is CC(=O)OCC1=C(COC(=O)c2ccccc2)N2C(=O)[C@H](Cl)[C@H]2SC1. The second-order valence-corrected chi connectivity index (χ2v) is 7.16. The van der Waals surface area contributed by atoms with E-state index in [9.17, 15) is 14.4 Å². The Kier molecular flexibility index (Phi) is 5.34. The van der Waals surface area contributed by atoms with Crippen molar-refractivity contribution in [2.24, 2.45) is 0 Å². The predicted octanol–water partition coefficient (Wildman–Crippen LogP) is 2.18. The fourth-order valence-electron chi connectivity index (χ4n) is 2.59. The third-order valence-electron chi connectivity index (χ3n) is 3.90. The van der Waals surface area contributed by atoms with Gasteiger partial charge in [-0.1, -0.05) is 18.2 Å². The lowest BCUT2D eigenvalue weighted by Crippen LogP contribution is -2.62. The van der Waals surface area contributed by atoms with Crippen LogP contribution in [0.2, 0.25) is 0 Å². The van der Waals surface area contributed by atoms with E-state index in [4.69, 9.17) is 21.1 Å². The Hall–Kier alpha value is -1.99. The molecule has 0 N–H and O–H groups in total. The highest BCUT2D eigenvalue weighted by molar-refractivity contribution is 8.00. The molecule has 1 fully saturated rings. The van der Waals surface area contributed by atoms with Crippen LogP contribution in [0.15, 0.2) is 41.6 Å². The number of esters is 2. The van der Waals surface area contributed by atoms with Gasteiger partial charge in [0.15, 0.2) is 0 Å². The van der Waals surface area contributed by atoms with E-state index in [0.717, 1.165) is 5.57 Å². The largest absolute Gasteiger partial charge is 0.461 e. The molecule has 0 saturated carbocycles. The molecule has 2 atom stereocenters. The van der Waals surface area contributed by atoms with Gasteiger partial charge in [0.1, 0.15) is 24.0 Å². The van der Waals surface area contributed by atoms with Crippen LogP contribution >= 0.6 is 23.4 Å². The van der Waals surface area contributed by atoms with Crippen molar-refractivity contribution < 1.29 is 23.9 Å². The third-order valence-corrected chi connectivity index (χ3v) is 5.82. The van der Waals surface area contributed by atoms with Gasteiger partial charge in [-0.2, -0.15) is 0 Å². The number of ether oxygens (including phenoxy) is 2. The second kappa shape index (κ2) is 7.49. The van der Waals surface area contributed by atoms with Crippen LogP contribution in [0.5, 0.6) is 0 Å². The van der Waals surface area contributed by atoms with Crippen molar-refractivity contribution in [3.05, 3.63) is 47.2 Å². The average molecular weight is 382 g/mol. The molecular formula is C17H16ClNO5S. The Morgan fingerprint density at radius 2 is 1.96 bits per heavy atom. The first-order valence-electron chi connectivity index (χ1n) is 7.64. The van der Waals surface area contributed by atoms with E-state index in [1.807, 2.05) is 0 Å². The molecule has 0 aliphatic carbocycles. The molecule has 2 heterocycles. The van der Waals surface area contributed by atoms with E-state index in [0.29, 0.717) is 17.0 Å². The molecule has 6 nitrogen and oxygen atoms in total. The summed E-state index contributed by atoms with van der Waals surface area (Å²) in [6.07, 6.45) is 0. The topological polar surface area (TPSA) is 72.9 Å². The van der Waals surface area contributed by atoms with Gasteiger partial charge in [0.25, 0.3) is 0 Å². The predicted molar refractivity (Wildman–Crippen MR) is 93.1 cm³/mol. The van der Waals surface area contributed by atoms with Gasteiger partial charge >= 0.3 is 11.9 Å². The normalized spacial score (nSPS) is 22.2. The smallest absolute Gasteiger partial charge is 0.338 e. The first-order valence-corrected chi connectivity index (χ1v) is 9.12. The summed E-state index contributed by atoms with van der Waals surface area (Å²) in [4.78, 5) is 36.9. The summed E-state index contributed by atoms with van der Waals surface area (Å²) < 4.78 is 10.4. The van der Waals surface area contributed by atoms with E-state index in [1.165, 1.54) is 23.6 Å². The Balaban J connectivity index is 1.76. The fourth-order valence-corrected chi connectivity index (χ4v) is 4.31. The van der Waals surface area contributed by atoms with Crippen LogP contribution in [0, 0.1) is 0 Å². The van der Waals surface area contributed by atoms with Gasteiger partial charge in [-0.05, 0) is 12.1 Å². The molecule has 0 bridgehead atoms. The number of hydrogen-bond donors (Lipinski definition) is 0. The van der Waals surface area contributed by atoms with Crippen LogP contribution < -0.4 is 0 Å². The zero-order chi connectivity index (χ0) is 18.0. The number of rotatable bonds is 5. The Bertz CT molecular complexity index is 736. The summed E-state index contributed by atoms with van der Waals surface area (Å²) >= 11 is 7.55. The molecule has 8 heteroatoms. The molecule has 1 saturated heterocycles. The lowest BCUT2D eigenvalue weighted by atomic mass is 10.1. The summed E-state index contributed by atoms with van der Waals surface area (Å²) in [6, 6.07) is 8.59. The van der Waals surface area contributed by atoms with Gasteiger partial charge in [0.2, 0.25) is 5.91 Å². The zero-order valence-electron chi connectivity index (χ0n) is 13.4. The molecule has 0 radical (unpaired) electrons. The fraction of sp³-hybridized carbons (Fsp3) is 0.353. The number of amides is 1. The first-order chi connectivity index (χ1) is 12.0. The third kappa shape index (κ3) is 3.67. The first kappa shape index (κ1) is 17.8. The molecule has 1 aromatic rings. The zero-order valence-corrected chi connectivity index (χ0v) is 15.0. The molecule has 0 unspecified atom stereocenters. The number of carbonyl (C=O) groups excluding carboxylic acids is 3. The van der Waals surface area contributed by atoms with Crippen LogP contribution in [-0.2, 0) is 19.1 Å². The molecule has 0 aromatic heterocycles. The van der Waals surface area contributed by atoms with Crippen molar-refractivity contribution in [3.8, 4) is 0 Å². The van der Waals surface area contributed by atoms with Crippen LogP contribution in [0.3, 0.4) is 0 Å². The number of benzene rings is 1. The van der Waals surface area contributed by atoms with Crippen molar-refractivity contribution in [1.82, 2.24) is 4.90 Å². The van der Waals surface area contributed by atoms with E-state index in [2.05, 4.69) is 0 Å². The summed E-state index contributed by atoms with van der Waals surface area (Å²) in [7, 11) is 0. The average Bonchev–Trinajstić information content (AvgIpc) is 2.63. The lowest BCUT2D eigenvalue weighted by molar-refractivity contribution is -0.140. The second-order valence-electron chi connectivity index (χ2n) is 5.58. The van der Waals surface area contributed by atoms with Crippen molar-refractivity contribution in [2.45, 2.75) is 17.7 Å². The van der Waals surface area contributed by atoms with E-state index in [-0.39, 0.29) is 24.5 Å². The summed E-state index contributed by atoms with van der Waals surface area (Å²) in [5.74, 6) is -0.566. The number of alkyl halides is 1. The number of hydrogen-bond acceptors (Lipinski definition) is 6. The van der Waals surface area contributed by atoms with Crippen molar-refractivity contribution >= 4 is 41.2 Å². The molecule has 2 aliphatic heterocycles. The van der Waals surface area contributed by atoms with Crippen molar-refractivity contribution in [1.29, 1.82) is 0 Å². The lowest BCUT2D eigenvalue weighted by Gasteiger charge is -2.48. The Labute approximate surface area is 154 Å². The highest BCUT2D eigenvalue weighted by Gasteiger charge is 2.51. The standard InChI is InChI=1S/C17H16ClNO5S/c1-10(20)23-7-12-9-25-16-14(18)15(21)19(16)13(12)8-24-17(22)11-5-3-2-4-6-11/h2-6,14,16H,7-9H2,1H3/t14-,16+/m0/s1. The Morgan fingerprint density at radius 1 is 1.24 bits per heavy atom. The van der Waals surface area contributed by atoms with Crippen LogP contribution in [-0.4, -0.2) is 52.5 Å². The summed E-state index contributed by atoms with van der Waals surface area (Å²) in [6.45, 7) is 1.30. The summed E-state index contributed by atoms with van der Waals surface area (Å²) in [5, 5.41) is -0.763. The van der Waals surface area contributed by atoms with Crippen molar-refractivity contribution in [3.63, 3.8) is 0 Å². The molecule has 1 aromatic carbocycles. The number of nitrogens with zero attached hydrogens (tertiary/aromatic N) is 1. The minimum Gasteiger partial charge on any atom is -0.461 e. The van der Waals surface area contributed by atoms with Gasteiger partial charge in [0.05, 0.1) is 11.3 Å². The van der Waals surface area contributed by atoms with Crippen LogP contribution in [0.1, 0.15) is 17.3 Å². The van der Waals surface area contributed by atoms with Crippen LogP contribution in [0.4, 0.5) is 0 Å². The molecular weight excluding hydrogens is 366 g/mol. The monoisotopic (exact) mass is 381 g/mol. The van der Waals surface area contributed by atoms with Gasteiger partial charge in [-0.25, -0.2) is 4.79 Å². The molecule has 3 rings (SSSR count). The minimum absolute atomic E-state index is 0.0595. The maximum atomic E-state index is 12.1. The number of fused-ring (bicyclic) bond motifs is 1. The summed E-state index contributed by atoms with van der Waals surface area (Å²) in [5.41, 5.74) is 1.72. The highest BCUT2D eigenvalue weighted by Crippen LogP contribution is 2.42. The van der Waals surface area contributed by atoms with E-state index < -0.39 is 17.3 Å². The number of carbonyl (C=O) groups is 3. The van der Waals surface area contributed by atoms with Gasteiger partial charge in [0, 0.05) is 18.2 Å². The molecule has 2 aliphatic rings. The van der Waals surface area contributed by atoms with Gasteiger partial charge in [-0.3, -0.25) is 14.5 Å². The molecule has 25 heavy (non-hydrogen) atoms. The quantitative estimate of drug-likeness (QED) is 0.442. The molecule has 1 amide bonds. The number of β-lactam (4-membered cyclic amide) rings is 1. The highest BCUT2D eigenvalue weighted by atomic mass is 35.5. The van der Waals surface area contributed by atoms with E-state index in [1.54, 1.807) is 30.3 Å². The minimum atomic E-state index is -0.583. The maximum Gasteiger partial charge on any atom is 0.338 e. The molecule has 132 valence electrons. The molecule has 0 spiro atoms. The van der Waals surface area contributed by atoms with Crippen molar-refractivity contribution in [2.75, 3.05) is 19.0 Å². The van der Waals surface area contributed by atoms with Gasteiger partial charge < -0.3 is 9.47 Å².